The van der Waals surface area contributed by atoms with Crippen LogP contribution in [0.4, 0.5) is 4.79 Å². The van der Waals surface area contributed by atoms with Gasteiger partial charge in [0.2, 0.25) is 0 Å². The van der Waals surface area contributed by atoms with E-state index in [0.717, 1.165) is 23.6 Å². The van der Waals surface area contributed by atoms with Gasteiger partial charge in [-0.15, -0.1) is 0 Å². The fraction of sp³-hybridized carbons (Fsp3) is 0.263. The molecule has 1 aromatic carbocycles. The van der Waals surface area contributed by atoms with Gasteiger partial charge in [-0.3, -0.25) is 0 Å². The monoisotopic (exact) mass is 338 g/mol. The summed E-state index contributed by atoms with van der Waals surface area (Å²) in [4.78, 5) is 13.7. The molecule has 0 radical (unpaired) electrons. The number of carbonyl (C=O) groups is 1. The minimum Gasteiger partial charge on any atom is -0.464 e. The van der Waals surface area contributed by atoms with E-state index in [-0.39, 0.29) is 6.03 Å². The van der Waals surface area contributed by atoms with E-state index in [2.05, 4.69) is 22.5 Å². The molecular weight excluding hydrogens is 316 g/mol. The molecule has 6 nitrogen and oxygen atoms in total. The Morgan fingerprint density at radius 3 is 2.68 bits per heavy atom. The highest BCUT2D eigenvalue weighted by Gasteiger charge is 2.10. The van der Waals surface area contributed by atoms with Crippen molar-refractivity contribution in [3.63, 3.8) is 0 Å². The molecule has 2 heterocycles. The summed E-state index contributed by atoms with van der Waals surface area (Å²) in [6.07, 6.45) is 4.44. The van der Waals surface area contributed by atoms with Crippen LogP contribution in [-0.4, -0.2) is 34.3 Å². The van der Waals surface area contributed by atoms with Crippen molar-refractivity contribution < 1.29 is 9.21 Å². The minimum atomic E-state index is -0.109. The van der Waals surface area contributed by atoms with Crippen molar-refractivity contribution in [1.29, 1.82) is 0 Å². The van der Waals surface area contributed by atoms with Crippen LogP contribution in [0.5, 0.6) is 0 Å². The smallest absolute Gasteiger partial charge is 0.317 e. The third-order valence-electron chi connectivity index (χ3n) is 3.93. The van der Waals surface area contributed by atoms with E-state index in [1.165, 1.54) is 5.56 Å². The molecule has 0 spiro atoms. The van der Waals surface area contributed by atoms with Crippen LogP contribution in [0, 0.1) is 6.92 Å². The second-order valence-electron chi connectivity index (χ2n) is 5.97. The van der Waals surface area contributed by atoms with Crippen LogP contribution >= 0.6 is 0 Å². The summed E-state index contributed by atoms with van der Waals surface area (Å²) in [7, 11) is 1.76. The van der Waals surface area contributed by atoms with Crippen molar-refractivity contribution in [2.75, 3.05) is 13.6 Å². The Bertz CT molecular complexity index is 806. The van der Waals surface area contributed by atoms with Gasteiger partial charge in [-0.2, -0.15) is 5.10 Å². The maximum absolute atomic E-state index is 12.1. The van der Waals surface area contributed by atoms with E-state index in [1.54, 1.807) is 18.1 Å². The van der Waals surface area contributed by atoms with Gasteiger partial charge in [0.1, 0.15) is 11.5 Å². The summed E-state index contributed by atoms with van der Waals surface area (Å²) >= 11 is 0. The Hall–Kier alpha value is -3.02. The first-order chi connectivity index (χ1) is 12.1. The summed E-state index contributed by atoms with van der Waals surface area (Å²) in [5, 5.41) is 7.13. The number of aromatic nitrogens is 2. The molecule has 0 atom stereocenters. The number of hydrogen-bond donors (Lipinski definition) is 1. The maximum Gasteiger partial charge on any atom is 0.317 e. The van der Waals surface area contributed by atoms with Gasteiger partial charge in [-0.1, -0.05) is 12.1 Å². The molecule has 0 fully saturated rings. The standard InChI is InChI=1S/C19H22N4O2/c1-15-4-9-18(25-15)14-22(2)19(24)20-12-10-16-5-7-17(8-6-16)23-13-3-11-21-23/h3-9,11,13H,10,12,14H2,1-2H3,(H,20,24). The predicted molar refractivity (Wildman–Crippen MR) is 95.6 cm³/mol. The SMILES string of the molecule is Cc1ccc(CN(C)C(=O)NCCc2ccc(-n3cccn3)cc2)o1. The summed E-state index contributed by atoms with van der Waals surface area (Å²) in [5.41, 5.74) is 2.19. The Balaban J connectivity index is 1.45. The first-order valence-electron chi connectivity index (χ1n) is 8.25. The zero-order valence-corrected chi connectivity index (χ0v) is 14.5. The number of aryl methyl sites for hydroxylation is 1. The van der Waals surface area contributed by atoms with Crippen LogP contribution in [0.25, 0.3) is 5.69 Å². The molecule has 3 rings (SSSR count). The average Bonchev–Trinajstić information content (AvgIpc) is 3.27. The van der Waals surface area contributed by atoms with Gasteiger partial charge in [-0.25, -0.2) is 9.48 Å². The van der Waals surface area contributed by atoms with Crippen molar-refractivity contribution in [2.24, 2.45) is 0 Å². The molecule has 25 heavy (non-hydrogen) atoms. The molecule has 0 bridgehead atoms. The highest BCUT2D eigenvalue weighted by atomic mass is 16.3. The molecule has 3 aromatic rings. The van der Waals surface area contributed by atoms with E-state index >= 15 is 0 Å². The normalized spacial score (nSPS) is 10.6. The van der Waals surface area contributed by atoms with Crippen LogP contribution < -0.4 is 5.32 Å². The molecule has 2 amide bonds. The molecule has 0 saturated heterocycles. The third kappa shape index (κ3) is 4.50. The summed E-state index contributed by atoms with van der Waals surface area (Å²) in [6, 6.07) is 13.7. The number of urea groups is 1. The molecule has 0 aliphatic heterocycles. The van der Waals surface area contributed by atoms with E-state index in [9.17, 15) is 4.79 Å². The quantitative estimate of drug-likeness (QED) is 0.751. The minimum absolute atomic E-state index is 0.109. The number of furan rings is 1. The van der Waals surface area contributed by atoms with Crippen molar-refractivity contribution >= 4 is 6.03 Å². The highest BCUT2D eigenvalue weighted by Crippen LogP contribution is 2.10. The molecule has 0 saturated carbocycles. The number of nitrogens with one attached hydrogen (secondary N) is 1. The maximum atomic E-state index is 12.1. The Morgan fingerprint density at radius 1 is 1.24 bits per heavy atom. The first kappa shape index (κ1) is 16.8. The molecule has 6 heteroatoms. The van der Waals surface area contributed by atoms with E-state index in [4.69, 9.17) is 4.42 Å². The largest absolute Gasteiger partial charge is 0.464 e. The number of benzene rings is 1. The molecule has 130 valence electrons. The summed E-state index contributed by atoms with van der Waals surface area (Å²) < 4.78 is 7.31. The molecule has 0 aliphatic rings. The average molecular weight is 338 g/mol. The van der Waals surface area contributed by atoms with Crippen molar-refractivity contribution in [2.45, 2.75) is 19.9 Å². The van der Waals surface area contributed by atoms with Crippen molar-refractivity contribution in [3.05, 3.63) is 71.9 Å². The lowest BCUT2D eigenvalue weighted by Gasteiger charge is -2.16. The van der Waals surface area contributed by atoms with Crippen LogP contribution in [0.3, 0.4) is 0 Å². The predicted octanol–water partition coefficient (Wildman–Crippen LogP) is 3.16. The van der Waals surface area contributed by atoms with Crippen LogP contribution in [0.1, 0.15) is 17.1 Å². The van der Waals surface area contributed by atoms with Gasteiger partial charge in [0.15, 0.2) is 0 Å². The Morgan fingerprint density at radius 2 is 2.04 bits per heavy atom. The lowest BCUT2D eigenvalue weighted by atomic mass is 10.1. The number of hydrogen-bond acceptors (Lipinski definition) is 3. The van der Waals surface area contributed by atoms with Crippen LogP contribution in [-0.2, 0) is 13.0 Å². The zero-order valence-electron chi connectivity index (χ0n) is 14.5. The van der Waals surface area contributed by atoms with E-state index in [1.807, 2.05) is 48.1 Å². The van der Waals surface area contributed by atoms with Gasteiger partial charge < -0.3 is 14.6 Å². The second kappa shape index (κ2) is 7.70. The third-order valence-corrected chi connectivity index (χ3v) is 3.93. The van der Waals surface area contributed by atoms with Crippen LogP contribution in [0.15, 0.2) is 59.3 Å². The number of rotatable bonds is 6. The number of nitrogens with zero attached hydrogens (tertiary/aromatic N) is 3. The van der Waals surface area contributed by atoms with Crippen molar-refractivity contribution in [3.8, 4) is 5.69 Å². The molecular formula is C19H22N4O2. The van der Waals surface area contributed by atoms with Crippen molar-refractivity contribution in [1.82, 2.24) is 20.0 Å². The summed E-state index contributed by atoms with van der Waals surface area (Å²) in [5.74, 6) is 1.63. The second-order valence-corrected chi connectivity index (χ2v) is 5.97. The topological polar surface area (TPSA) is 63.3 Å². The zero-order chi connectivity index (χ0) is 17.6. The van der Waals surface area contributed by atoms with Gasteiger partial charge >= 0.3 is 6.03 Å². The number of carbonyl (C=O) groups excluding carboxylic acids is 1. The Kier molecular flexibility index (Phi) is 5.18. The number of amides is 2. The molecule has 0 aliphatic carbocycles. The Labute approximate surface area is 147 Å². The van der Waals surface area contributed by atoms with Crippen LogP contribution in [0.2, 0.25) is 0 Å². The fourth-order valence-corrected chi connectivity index (χ4v) is 2.56. The summed E-state index contributed by atoms with van der Waals surface area (Å²) in [6.45, 7) is 2.93. The highest BCUT2D eigenvalue weighted by molar-refractivity contribution is 5.73. The first-order valence-corrected chi connectivity index (χ1v) is 8.25. The molecule has 0 unspecified atom stereocenters. The molecule has 2 aromatic heterocycles. The van der Waals surface area contributed by atoms with Gasteiger partial charge in [-0.05, 0) is 49.2 Å². The lowest BCUT2D eigenvalue weighted by molar-refractivity contribution is 0.203. The van der Waals surface area contributed by atoms with Gasteiger partial charge in [0, 0.05) is 26.0 Å². The fourth-order valence-electron chi connectivity index (χ4n) is 2.56. The lowest BCUT2D eigenvalue weighted by Crippen LogP contribution is -2.37. The van der Waals surface area contributed by atoms with E-state index in [0.29, 0.717) is 13.1 Å². The van der Waals surface area contributed by atoms with Gasteiger partial charge in [0.25, 0.3) is 0 Å². The van der Waals surface area contributed by atoms with Gasteiger partial charge in [0.05, 0.1) is 12.2 Å². The van der Waals surface area contributed by atoms with E-state index < -0.39 is 0 Å². The molecule has 1 N–H and O–H groups in total.